The maximum atomic E-state index is 12.3. The molecule has 1 atom stereocenters. The largest absolute Gasteiger partial charge is 0.323 e. The second-order valence-electron chi connectivity index (χ2n) is 5.42. The van der Waals surface area contributed by atoms with E-state index in [1.807, 2.05) is 4.90 Å². The molecule has 17 heavy (non-hydrogen) atoms. The van der Waals surface area contributed by atoms with Gasteiger partial charge >= 0.3 is 6.03 Å². The van der Waals surface area contributed by atoms with E-state index in [1.165, 1.54) is 0 Å². The third kappa shape index (κ3) is 2.92. The fourth-order valence-electron chi connectivity index (χ4n) is 2.73. The predicted molar refractivity (Wildman–Crippen MR) is 69.0 cm³/mol. The second-order valence-corrected chi connectivity index (χ2v) is 5.42. The van der Waals surface area contributed by atoms with Gasteiger partial charge < -0.3 is 15.1 Å². The van der Waals surface area contributed by atoms with Gasteiger partial charge in [-0.15, -0.1) is 0 Å². The van der Waals surface area contributed by atoms with Crippen molar-refractivity contribution in [2.75, 3.05) is 32.7 Å². The molecule has 2 aliphatic heterocycles. The zero-order valence-electron chi connectivity index (χ0n) is 11.1. The molecule has 98 valence electrons. The number of urea groups is 1. The molecule has 4 heteroatoms. The summed E-state index contributed by atoms with van der Waals surface area (Å²) in [6.45, 7) is 9.31. The molecule has 2 amide bonds. The topological polar surface area (TPSA) is 35.6 Å². The summed E-state index contributed by atoms with van der Waals surface area (Å²) in [4.78, 5) is 16.4. The summed E-state index contributed by atoms with van der Waals surface area (Å²) >= 11 is 0. The van der Waals surface area contributed by atoms with Crippen molar-refractivity contribution in [2.45, 2.75) is 39.2 Å². The number of nitrogens with one attached hydrogen (secondary N) is 1. The molecule has 2 fully saturated rings. The first-order valence-electron chi connectivity index (χ1n) is 6.98. The fourth-order valence-corrected chi connectivity index (χ4v) is 2.73. The number of rotatable bonds is 4. The predicted octanol–water partition coefficient (Wildman–Crippen LogP) is 1.52. The van der Waals surface area contributed by atoms with E-state index in [2.05, 4.69) is 24.1 Å². The smallest absolute Gasteiger partial charge is 0.320 e. The molecule has 0 aliphatic carbocycles. The van der Waals surface area contributed by atoms with Gasteiger partial charge in [-0.3, -0.25) is 0 Å². The molecule has 2 rings (SSSR count). The number of carbonyl (C=O) groups excluding carboxylic acids is 1. The Balaban J connectivity index is 1.88. The molecule has 0 spiro atoms. The van der Waals surface area contributed by atoms with E-state index in [0.717, 1.165) is 52.0 Å². The first-order chi connectivity index (χ1) is 8.22. The number of amides is 2. The molecule has 4 nitrogen and oxygen atoms in total. The number of nitrogens with zero attached hydrogens (tertiary/aromatic N) is 2. The zero-order chi connectivity index (χ0) is 12.3. The first kappa shape index (κ1) is 12.7. The molecule has 1 unspecified atom stereocenters. The Bertz CT molecular complexity index is 263. The van der Waals surface area contributed by atoms with Crippen LogP contribution < -0.4 is 5.32 Å². The standard InChI is InChI=1S/C13H25N3O/c1-3-11(2)10-15-8-9-16(13(15)17)12-4-6-14-7-5-12/h11-12,14H,3-10H2,1-2H3. The Morgan fingerprint density at radius 1 is 1.35 bits per heavy atom. The highest BCUT2D eigenvalue weighted by Gasteiger charge is 2.34. The minimum absolute atomic E-state index is 0.275. The van der Waals surface area contributed by atoms with Crippen molar-refractivity contribution < 1.29 is 4.79 Å². The van der Waals surface area contributed by atoms with Crippen LogP contribution >= 0.6 is 0 Å². The minimum atomic E-state index is 0.275. The summed E-state index contributed by atoms with van der Waals surface area (Å²) in [7, 11) is 0. The molecular weight excluding hydrogens is 214 g/mol. The van der Waals surface area contributed by atoms with E-state index in [9.17, 15) is 4.79 Å². The monoisotopic (exact) mass is 239 g/mol. The summed E-state index contributed by atoms with van der Waals surface area (Å²) in [5.74, 6) is 0.618. The summed E-state index contributed by atoms with van der Waals surface area (Å²) in [6, 6.07) is 0.753. The van der Waals surface area contributed by atoms with Crippen molar-refractivity contribution in [3.8, 4) is 0 Å². The maximum Gasteiger partial charge on any atom is 0.320 e. The van der Waals surface area contributed by atoms with Crippen LogP contribution in [-0.2, 0) is 0 Å². The Morgan fingerprint density at radius 3 is 2.71 bits per heavy atom. The van der Waals surface area contributed by atoms with Gasteiger partial charge in [-0.25, -0.2) is 4.79 Å². The molecule has 0 bridgehead atoms. The van der Waals surface area contributed by atoms with Gasteiger partial charge in [0.2, 0.25) is 0 Å². The molecule has 0 aromatic heterocycles. The second kappa shape index (κ2) is 5.71. The average Bonchev–Trinajstić information content (AvgIpc) is 2.72. The van der Waals surface area contributed by atoms with Crippen LogP contribution in [0.3, 0.4) is 0 Å². The Morgan fingerprint density at radius 2 is 2.06 bits per heavy atom. The molecule has 2 saturated heterocycles. The van der Waals surface area contributed by atoms with Gasteiger partial charge in [0.1, 0.15) is 0 Å². The van der Waals surface area contributed by atoms with Crippen LogP contribution in [0.4, 0.5) is 4.79 Å². The van der Waals surface area contributed by atoms with E-state index in [-0.39, 0.29) is 6.03 Å². The molecule has 0 aromatic carbocycles. The third-order valence-electron chi connectivity index (χ3n) is 4.11. The summed E-state index contributed by atoms with van der Waals surface area (Å²) in [6.07, 6.45) is 3.38. The van der Waals surface area contributed by atoms with Gasteiger partial charge in [0, 0.05) is 25.7 Å². The van der Waals surface area contributed by atoms with E-state index in [1.54, 1.807) is 0 Å². The van der Waals surface area contributed by atoms with Gasteiger partial charge in [-0.1, -0.05) is 20.3 Å². The molecule has 2 aliphatic rings. The van der Waals surface area contributed by atoms with Crippen LogP contribution in [0.5, 0.6) is 0 Å². The molecule has 2 heterocycles. The third-order valence-corrected chi connectivity index (χ3v) is 4.11. The lowest BCUT2D eigenvalue weighted by atomic mass is 10.1. The normalized spacial score (nSPS) is 24.5. The zero-order valence-corrected chi connectivity index (χ0v) is 11.1. The van der Waals surface area contributed by atoms with Gasteiger partial charge in [0.05, 0.1) is 0 Å². The van der Waals surface area contributed by atoms with Crippen molar-refractivity contribution in [1.29, 1.82) is 0 Å². The van der Waals surface area contributed by atoms with E-state index < -0.39 is 0 Å². The SMILES string of the molecule is CCC(C)CN1CCN(C2CCNCC2)C1=O. The number of piperidine rings is 1. The van der Waals surface area contributed by atoms with Crippen LogP contribution in [0, 0.1) is 5.92 Å². The van der Waals surface area contributed by atoms with Crippen LogP contribution in [0.2, 0.25) is 0 Å². The summed E-state index contributed by atoms with van der Waals surface area (Å²) in [5.41, 5.74) is 0. The van der Waals surface area contributed by atoms with Crippen LogP contribution in [0.25, 0.3) is 0 Å². The highest BCUT2D eigenvalue weighted by Crippen LogP contribution is 2.19. The highest BCUT2D eigenvalue weighted by molar-refractivity contribution is 5.76. The Hall–Kier alpha value is -0.770. The lowest BCUT2D eigenvalue weighted by Gasteiger charge is -2.31. The van der Waals surface area contributed by atoms with Crippen molar-refractivity contribution in [3.05, 3.63) is 0 Å². The summed E-state index contributed by atoms with van der Waals surface area (Å²) in [5, 5.41) is 3.35. The fraction of sp³-hybridized carbons (Fsp3) is 0.923. The molecular formula is C13H25N3O. The van der Waals surface area contributed by atoms with Gasteiger partial charge in [0.15, 0.2) is 0 Å². The van der Waals surface area contributed by atoms with E-state index >= 15 is 0 Å². The quantitative estimate of drug-likeness (QED) is 0.807. The van der Waals surface area contributed by atoms with Crippen LogP contribution in [0.1, 0.15) is 33.1 Å². The minimum Gasteiger partial charge on any atom is -0.323 e. The molecule has 1 N–H and O–H groups in total. The molecule has 0 saturated carbocycles. The van der Waals surface area contributed by atoms with Crippen LogP contribution in [-0.4, -0.2) is 54.6 Å². The van der Waals surface area contributed by atoms with Crippen LogP contribution in [0.15, 0.2) is 0 Å². The average molecular weight is 239 g/mol. The van der Waals surface area contributed by atoms with Crippen molar-refractivity contribution >= 4 is 6.03 Å². The Labute approximate surface area is 104 Å². The summed E-state index contributed by atoms with van der Waals surface area (Å²) < 4.78 is 0. The number of hydrogen-bond donors (Lipinski definition) is 1. The van der Waals surface area contributed by atoms with Crippen molar-refractivity contribution in [2.24, 2.45) is 5.92 Å². The van der Waals surface area contributed by atoms with Gasteiger partial charge in [-0.05, 0) is 31.8 Å². The first-order valence-corrected chi connectivity index (χ1v) is 6.98. The Kier molecular flexibility index (Phi) is 4.26. The van der Waals surface area contributed by atoms with Crippen molar-refractivity contribution in [3.63, 3.8) is 0 Å². The molecule has 0 aromatic rings. The maximum absolute atomic E-state index is 12.3. The lowest BCUT2D eigenvalue weighted by Crippen LogP contribution is -2.45. The van der Waals surface area contributed by atoms with Gasteiger partial charge in [-0.2, -0.15) is 0 Å². The number of hydrogen-bond acceptors (Lipinski definition) is 2. The van der Waals surface area contributed by atoms with Gasteiger partial charge in [0.25, 0.3) is 0 Å². The molecule has 0 radical (unpaired) electrons. The highest BCUT2D eigenvalue weighted by atomic mass is 16.2. The lowest BCUT2D eigenvalue weighted by molar-refractivity contribution is 0.162. The van der Waals surface area contributed by atoms with E-state index in [4.69, 9.17) is 0 Å². The van der Waals surface area contributed by atoms with Crippen molar-refractivity contribution in [1.82, 2.24) is 15.1 Å². The number of carbonyl (C=O) groups is 1. The van der Waals surface area contributed by atoms with E-state index in [0.29, 0.717) is 12.0 Å².